The summed E-state index contributed by atoms with van der Waals surface area (Å²) in [4.78, 5) is 23.5. The van der Waals surface area contributed by atoms with Crippen LogP contribution in [0.25, 0.3) is 11.2 Å². The molecule has 3 heterocycles. The Hall–Kier alpha value is -2.61. The van der Waals surface area contributed by atoms with Crippen LogP contribution in [0.15, 0.2) is 24.8 Å². The molecule has 2 aromatic heterocycles. The van der Waals surface area contributed by atoms with Gasteiger partial charge in [-0.3, -0.25) is 9.36 Å². The van der Waals surface area contributed by atoms with Crippen molar-refractivity contribution in [1.29, 1.82) is 0 Å². The van der Waals surface area contributed by atoms with Crippen LogP contribution in [0.4, 0.5) is 19.0 Å². The van der Waals surface area contributed by atoms with Crippen LogP contribution in [-0.2, 0) is 14.3 Å². The highest BCUT2D eigenvalue weighted by Crippen LogP contribution is 2.33. The minimum Gasteiger partial charge on any atom is -0.387 e. The molecule has 164 valence electrons. The molecule has 1 saturated heterocycles. The lowest BCUT2D eigenvalue weighted by Gasteiger charge is -2.17. The Morgan fingerprint density at radius 3 is 2.67 bits per heavy atom. The average molecular weight is 431 g/mol. The molecule has 0 spiro atoms. The second-order valence-electron chi connectivity index (χ2n) is 6.91. The molecule has 0 saturated carbocycles. The number of nitrogens with zero attached hydrogens (tertiary/aromatic N) is 4. The summed E-state index contributed by atoms with van der Waals surface area (Å²) < 4.78 is 50.4. The molecule has 1 amide bonds. The number of imidazole rings is 1. The molecular weight excluding hydrogens is 411 g/mol. The van der Waals surface area contributed by atoms with E-state index < -0.39 is 42.2 Å². The van der Waals surface area contributed by atoms with Crippen molar-refractivity contribution < 1.29 is 37.7 Å². The molecule has 3 rings (SSSR count). The maximum Gasteiger partial charge on any atom is 0.421 e. The highest BCUT2D eigenvalue weighted by Gasteiger charge is 2.44. The quantitative estimate of drug-likeness (QED) is 0.576. The lowest BCUT2D eigenvalue weighted by Crippen LogP contribution is -2.34. The van der Waals surface area contributed by atoms with Crippen molar-refractivity contribution in [3.63, 3.8) is 0 Å². The number of hydrogen-bond donors (Lipinski definition) is 3. The first-order valence-corrected chi connectivity index (χ1v) is 8.89. The molecule has 30 heavy (non-hydrogen) atoms. The van der Waals surface area contributed by atoms with Crippen LogP contribution in [0, 0.1) is 0 Å². The molecular formula is C17H20F3N5O5. The number of halogens is 3. The molecule has 1 aliphatic rings. The fraction of sp³-hybridized carbons (Fsp3) is 0.529. The normalized spacial score (nSPS) is 24.5. The van der Waals surface area contributed by atoms with Gasteiger partial charge in [0.05, 0.1) is 19.0 Å². The summed E-state index contributed by atoms with van der Waals surface area (Å²) >= 11 is 0. The monoisotopic (exact) mass is 431 g/mol. The van der Waals surface area contributed by atoms with Crippen molar-refractivity contribution in [2.24, 2.45) is 0 Å². The van der Waals surface area contributed by atoms with Crippen molar-refractivity contribution in [1.82, 2.24) is 19.5 Å². The number of aliphatic hydroxyl groups excluding tert-OH is 2. The van der Waals surface area contributed by atoms with Crippen molar-refractivity contribution in [2.45, 2.75) is 50.7 Å². The summed E-state index contributed by atoms with van der Waals surface area (Å²) in [6.45, 7) is 6.37. The molecule has 0 bridgehead atoms. The Kier molecular flexibility index (Phi) is 6.08. The molecule has 13 heteroatoms. The third-order valence-corrected chi connectivity index (χ3v) is 4.41. The standard InChI is InChI=1S/C17H20F3N5O5/c1-7(2)29-4-9-11(26)12(27)16(30-9)25-6-23-10-13(21-5-22-14(10)25)24-15(28)8(3)17(18,19)20/h5-7,9,11-12,16,26-27H,3-4H2,1-2H3,(H,21,22,24,28)/t9-,11-,12-,16-/m1/s1. The fourth-order valence-electron chi connectivity index (χ4n) is 2.83. The molecule has 10 nitrogen and oxygen atoms in total. The maximum atomic E-state index is 12.7. The van der Waals surface area contributed by atoms with Gasteiger partial charge in [0, 0.05) is 0 Å². The highest BCUT2D eigenvalue weighted by atomic mass is 19.4. The van der Waals surface area contributed by atoms with Gasteiger partial charge in [0.15, 0.2) is 23.2 Å². The van der Waals surface area contributed by atoms with Crippen LogP contribution in [0.2, 0.25) is 0 Å². The van der Waals surface area contributed by atoms with E-state index in [-0.39, 0.29) is 29.7 Å². The van der Waals surface area contributed by atoms with E-state index in [1.54, 1.807) is 13.8 Å². The zero-order chi connectivity index (χ0) is 22.2. The maximum absolute atomic E-state index is 12.7. The first kappa shape index (κ1) is 22.1. The van der Waals surface area contributed by atoms with Crippen LogP contribution in [-0.4, -0.2) is 72.8 Å². The van der Waals surface area contributed by atoms with Gasteiger partial charge in [-0.2, -0.15) is 13.2 Å². The van der Waals surface area contributed by atoms with Crippen LogP contribution < -0.4 is 5.32 Å². The van der Waals surface area contributed by atoms with Gasteiger partial charge in [0.2, 0.25) is 0 Å². The lowest BCUT2D eigenvalue weighted by atomic mass is 10.1. The van der Waals surface area contributed by atoms with E-state index in [4.69, 9.17) is 9.47 Å². The first-order chi connectivity index (χ1) is 14.0. The number of nitrogens with one attached hydrogen (secondary N) is 1. The Labute approximate surface area is 168 Å². The second kappa shape index (κ2) is 8.26. The van der Waals surface area contributed by atoms with Crippen LogP contribution in [0.3, 0.4) is 0 Å². The molecule has 3 N–H and O–H groups in total. The third-order valence-electron chi connectivity index (χ3n) is 4.41. The fourth-order valence-corrected chi connectivity index (χ4v) is 2.83. The van der Waals surface area contributed by atoms with Gasteiger partial charge >= 0.3 is 6.18 Å². The summed E-state index contributed by atoms with van der Waals surface area (Å²) in [7, 11) is 0. The number of amides is 1. The Balaban J connectivity index is 1.85. The minimum atomic E-state index is -4.90. The summed E-state index contributed by atoms with van der Waals surface area (Å²) in [5.74, 6) is -1.77. The van der Waals surface area contributed by atoms with Gasteiger partial charge in [-0.1, -0.05) is 6.58 Å². The summed E-state index contributed by atoms with van der Waals surface area (Å²) in [6, 6.07) is 0. The number of anilines is 1. The Morgan fingerprint density at radius 1 is 1.33 bits per heavy atom. The summed E-state index contributed by atoms with van der Waals surface area (Å²) in [5.41, 5.74) is -1.56. The lowest BCUT2D eigenvalue weighted by molar-refractivity contribution is -0.126. The van der Waals surface area contributed by atoms with E-state index in [1.165, 1.54) is 10.9 Å². The predicted octanol–water partition coefficient (Wildman–Crippen LogP) is 0.927. The number of fused-ring (bicyclic) bond motifs is 1. The number of hydrogen-bond acceptors (Lipinski definition) is 8. The smallest absolute Gasteiger partial charge is 0.387 e. The van der Waals surface area contributed by atoms with E-state index >= 15 is 0 Å². The number of carbonyl (C=O) groups excluding carboxylic acids is 1. The molecule has 2 aromatic rings. The number of aliphatic hydroxyl groups is 2. The van der Waals surface area contributed by atoms with Gasteiger partial charge in [-0.05, 0) is 13.8 Å². The van der Waals surface area contributed by atoms with E-state index in [0.29, 0.717) is 0 Å². The third kappa shape index (κ3) is 4.28. The zero-order valence-corrected chi connectivity index (χ0v) is 16.0. The van der Waals surface area contributed by atoms with Crippen molar-refractivity contribution >= 4 is 22.9 Å². The van der Waals surface area contributed by atoms with Crippen LogP contribution in [0.5, 0.6) is 0 Å². The molecule has 0 aromatic carbocycles. The molecule has 4 atom stereocenters. The SMILES string of the molecule is C=C(C(=O)Nc1ncnc2c1ncn2[C@@H]1O[C@H](COC(C)C)[C@@H](O)[C@H]1O)C(F)(F)F. The number of alkyl halides is 3. The summed E-state index contributed by atoms with van der Waals surface area (Å²) in [6.07, 6.45) is -7.31. The molecule has 0 radical (unpaired) electrons. The van der Waals surface area contributed by atoms with E-state index in [9.17, 15) is 28.2 Å². The van der Waals surface area contributed by atoms with E-state index in [2.05, 4.69) is 21.5 Å². The van der Waals surface area contributed by atoms with Crippen molar-refractivity contribution in [3.8, 4) is 0 Å². The van der Waals surface area contributed by atoms with Gasteiger partial charge in [0.1, 0.15) is 30.2 Å². The Morgan fingerprint density at radius 2 is 2.03 bits per heavy atom. The first-order valence-electron chi connectivity index (χ1n) is 8.89. The van der Waals surface area contributed by atoms with Gasteiger partial charge in [0.25, 0.3) is 5.91 Å². The molecule has 0 aliphatic carbocycles. The topological polar surface area (TPSA) is 132 Å². The number of carbonyl (C=O) groups is 1. The number of ether oxygens (including phenoxy) is 2. The number of rotatable bonds is 6. The predicted molar refractivity (Wildman–Crippen MR) is 96.2 cm³/mol. The van der Waals surface area contributed by atoms with Crippen LogP contribution in [0.1, 0.15) is 20.1 Å². The van der Waals surface area contributed by atoms with Gasteiger partial charge in [-0.25, -0.2) is 15.0 Å². The molecule has 1 aliphatic heterocycles. The van der Waals surface area contributed by atoms with Crippen molar-refractivity contribution in [2.75, 3.05) is 11.9 Å². The molecule has 1 fully saturated rings. The van der Waals surface area contributed by atoms with Gasteiger partial charge in [-0.15, -0.1) is 0 Å². The highest BCUT2D eigenvalue weighted by molar-refractivity contribution is 6.06. The van der Waals surface area contributed by atoms with E-state index in [0.717, 1.165) is 6.33 Å². The summed E-state index contributed by atoms with van der Waals surface area (Å²) in [5, 5.41) is 22.6. The van der Waals surface area contributed by atoms with Crippen LogP contribution >= 0.6 is 0 Å². The average Bonchev–Trinajstić information content (AvgIpc) is 3.21. The van der Waals surface area contributed by atoms with E-state index in [1.807, 2.05) is 5.32 Å². The van der Waals surface area contributed by atoms with Crippen molar-refractivity contribution in [3.05, 3.63) is 24.8 Å². The Bertz CT molecular complexity index is 947. The second-order valence-corrected chi connectivity index (χ2v) is 6.91. The number of aromatic nitrogens is 4. The van der Waals surface area contributed by atoms with Gasteiger partial charge < -0.3 is 25.0 Å². The largest absolute Gasteiger partial charge is 0.421 e. The minimum absolute atomic E-state index is 0.0343. The molecule has 0 unspecified atom stereocenters. The zero-order valence-electron chi connectivity index (χ0n) is 16.0.